The highest BCUT2D eigenvalue weighted by Crippen LogP contribution is 2.16. The number of nitrogens with zero attached hydrogens (tertiary/aromatic N) is 3. The average molecular weight is 264 g/mol. The van der Waals surface area contributed by atoms with Crippen LogP contribution in [0.15, 0.2) is 12.3 Å². The largest absolute Gasteiger partial charge is 0.355 e. The highest BCUT2D eigenvalue weighted by molar-refractivity contribution is 5.78. The molecule has 2 rings (SSSR count). The Hall–Kier alpha value is -1.50. The fraction of sp³-hybridized carbons (Fsp3) is 0.538. The van der Waals surface area contributed by atoms with Gasteiger partial charge in [0.2, 0.25) is 0 Å². The van der Waals surface area contributed by atoms with Gasteiger partial charge in [-0.2, -0.15) is 5.10 Å². The first-order valence-corrected chi connectivity index (χ1v) is 6.20. The average Bonchev–Trinajstić information content (AvgIpc) is 2.70. The fourth-order valence-electron chi connectivity index (χ4n) is 2.05. The van der Waals surface area contributed by atoms with Crippen molar-refractivity contribution in [2.45, 2.75) is 19.8 Å². The highest BCUT2D eigenvalue weighted by Gasteiger charge is 2.08. The van der Waals surface area contributed by atoms with Crippen molar-refractivity contribution in [3.8, 4) is 0 Å². The lowest BCUT2D eigenvalue weighted by molar-refractivity contribution is -0.0989. The molecule has 1 N–H and O–H groups in total. The van der Waals surface area contributed by atoms with Gasteiger partial charge in [-0.1, -0.05) is 0 Å². The maximum Gasteiger partial charge on any atom is 0.169 e. The Morgan fingerprint density at radius 3 is 2.79 bits per heavy atom. The van der Waals surface area contributed by atoms with Crippen molar-refractivity contribution in [2.75, 3.05) is 20.8 Å². The summed E-state index contributed by atoms with van der Waals surface area (Å²) in [5.41, 5.74) is 3.03. The van der Waals surface area contributed by atoms with Gasteiger partial charge in [0.15, 0.2) is 11.9 Å². The summed E-state index contributed by atoms with van der Waals surface area (Å²) in [5, 5.41) is 8.73. The minimum atomic E-state index is -0.225. The van der Waals surface area contributed by atoms with Crippen molar-refractivity contribution in [2.24, 2.45) is 7.05 Å². The van der Waals surface area contributed by atoms with Crippen LogP contribution in [-0.4, -0.2) is 41.8 Å². The monoisotopic (exact) mass is 264 g/mol. The van der Waals surface area contributed by atoms with Crippen molar-refractivity contribution in [3.05, 3.63) is 23.5 Å². The third kappa shape index (κ3) is 3.09. The van der Waals surface area contributed by atoms with E-state index < -0.39 is 0 Å². The molecule has 0 unspecified atom stereocenters. The third-order valence-corrected chi connectivity index (χ3v) is 3.09. The number of fused-ring (bicyclic) bond motifs is 1. The molecule has 0 fully saturated rings. The Kier molecular flexibility index (Phi) is 4.47. The summed E-state index contributed by atoms with van der Waals surface area (Å²) in [6, 6.07) is 2.12. The van der Waals surface area contributed by atoms with Crippen molar-refractivity contribution in [1.82, 2.24) is 20.1 Å². The summed E-state index contributed by atoms with van der Waals surface area (Å²) in [7, 11) is 5.16. The Bertz CT molecular complexity index is 549. The molecule has 2 aromatic rings. The predicted octanol–water partition coefficient (Wildman–Crippen LogP) is 0.985. The number of hydrogen-bond donors (Lipinski definition) is 1. The van der Waals surface area contributed by atoms with E-state index >= 15 is 0 Å². The van der Waals surface area contributed by atoms with Gasteiger partial charge in [0.05, 0.1) is 5.69 Å². The zero-order valence-electron chi connectivity index (χ0n) is 11.8. The van der Waals surface area contributed by atoms with E-state index in [1.165, 1.54) is 0 Å². The second-order valence-corrected chi connectivity index (χ2v) is 4.46. The lowest BCUT2D eigenvalue weighted by atomic mass is 10.2. The van der Waals surface area contributed by atoms with Gasteiger partial charge in [-0.05, 0) is 18.6 Å². The summed E-state index contributed by atoms with van der Waals surface area (Å²) in [4.78, 5) is 4.44. The quantitative estimate of drug-likeness (QED) is 0.788. The van der Waals surface area contributed by atoms with Crippen LogP contribution >= 0.6 is 0 Å². The molecule has 0 amide bonds. The van der Waals surface area contributed by atoms with E-state index in [2.05, 4.69) is 21.5 Å². The minimum Gasteiger partial charge on any atom is -0.355 e. The maximum atomic E-state index is 5.12. The molecule has 6 nitrogen and oxygen atoms in total. The van der Waals surface area contributed by atoms with Crippen LogP contribution in [-0.2, 0) is 23.1 Å². The van der Waals surface area contributed by atoms with Crippen molar-refractivity contribution >= 4 is 11.0 Å². The molecule has 0 saturated carbocycles. The third-order valence-electron chi connectivity index (χ3n) is 3.09. The van der Waals surface area contributed by atoms with Gasteiger partial charge in [-0.15, -0.1) is 0 Å². The summed E-state index contributed by atoms with van der Waals surface area (Å²) in [6.07, 6.45) is 1.64. The molecule has 19 heavy (non-hydrogen) atoms. The van der Waals surface area contributed by atoms with Gasteiger partial charge < -0.3 is 14.8 Å². The summed E-state index contributed by atoms with van der Waals surface area (Å²) in [5.74, 6) is 0. The van der Waals surface area contributed by atoms with Gasteiger partial charge in [-0.3, -0.25) is 4.68 Å². The summed E-state index contributed by atoms with van der Waals surface area (Å²) >= 11 is 0. The lowest BCUT2D eigenvalue weighted by Crippen LogP contribution is -2.29. The number of hydrogen-bond acceptors (Lipinski definition) is 5. The molecule has 104 valence electrons. The zero-order valence-corrected chi connectivity index (χ0v) is 11.8. The molecule has 0 bridgehead atoms. The van der Waals surface area contributed by atoms with E-state index in [1.54, 1.807) is 18.9 Å². The van der Waals surface area contributed by atoms with Gasteiger partial charge in [-0.25, -0.2) is 4.98 Å². The van der Waals surface area contributed by atoms with Crippen LogP contribution in [0.3, 0.4) is 0 Å². The van der Waals surface area contributed by atoms with E-state index in [0.29, 0.717) is 6.54 Å². The molecule has 6 heteroatoms. The van der Waals surface area contributed by atoms with E-state index in [-0.39, 0.29) is 6.29 Å². The first-order chi connectivity index (χ1) is 9.15. The maximum absolute atomic E-state index is 5.12. The number of methoxy groups -OCH3 is 2. The Morgan fingerprint density at radius 1 is 1.37 bits per heavy atom. The molecule has 0 atom stereocenters. The topological polar surface area (TPSA) is 61.2 Å². The van der Waals surface area contributed by atoms with Gasteiger partial charge in [0.1, 0.15) is 0 Å². The van der Waals surface area contributed by atoms with Crippen LogP contribution < -0.4 is 5.32 Å². The first-order valence-electron chi connectivity index (χ1n) is 6.20. The second kappa shape index (κ2) is 6.10. The van der Waals surface area contributed by atoms with Crippen molar-refractivity contribution in [3.63, 3.8) is 0 Å². The standard InChI is InChI=1S/C13H20N4O2/c1-9-11-5-10(6-14-8-12(18-3)19-4)7-15-13(11)17(2)16-9/h5,7,12,14H,6,8H2,1-4H3. The van der Waals surface area contributed by atoms with Crippen LogP contribution in [0.5, 0.6) is 0 Å². The van der Waals surface area contributed by atoms with E-state index in [9.17, 15) is 0 Å². The molecule has 0 spiro atoms. The molecule has 0 aliphatic carbocycles. The van der Waals surface area contributed by atoms with Gasteiger partial charge in [0, 0.05) is 45.9 Å². The number of aryl methyl sites for hydroxylation is 2. The van der Waals surface area contributed by atoms with Crippen molar-refractivity contribution in [1.29, 1.82) is 0 Å². The molecule has 0 aliphatic heterocycles. The zero-order chi connectivity index (χ0) is 13.8. The molecule has 0 aliphatic rings. The van der Waals surface area contributed by atoms with Crippen LogP contribution in [0.1, 0.15) is 11.3 Å². The number of rotatable bonds is 6. The summed E-state index contributed by atoms with van der Waals surface area (Å²) in [6.45, 7) is 3.35. The van der Waals surface area contributed by atoms with Crippen LogP contribution in [0.25, 0.3) is 11.0 Å². The molecule has 2 heterocycles. The number of aromatic nitrogens is 3. The minimum absolute atomic E-state index is 0.225. The SMILES string of the molecule is COC(CNCc1cnc2c(c1)c(C)nn2C)OC. The van der Waals surface area contributed by atoms with Crippen LogP contribution in [0.4, 0.5) is 0 Å². The van der Waals surface area contributed by atoms with Gasteiger partial charge >= 0.3 is 0 Å². The molecular formula is C13H20N4O2. The summed E-state index contributed by atoms with van der Waals surface area (Å²) < 4.78 is 12.0. The Labute approximate surface area is 112 Å². The highest BCUT2D eigenvalue weighted by atomic mass is 16.7. The molecular weight excluding hydrogens is 244 g/mol. The Morgan fingerprint density at radius 2 is 2.11 bits per heavy atom. The predicted molar refractivity (Wildman–Crippen MR) is 72.8 cm³/mol. The van der Waals surface area contributed by atoms with Crippen LogP contribution in [0, 0.1) is 6.92 Å². The normalized spacial score (nSPS) is 11.6. The number of nitrogens with one attached hydrogen (secondary N) is 1. The number of pyridine rings is 1. The Balaban J connectivity index is 2.03. The fourth-order valence-corrected chi connectivity index (χ4v) is 2.05. The molecule has 2 aromatic heterocycles. The van der Waals surface area contributed by atoms with E-state index in [0.717, 1.165) is 28.8 Å². The van der Waals surface area contributed by atoms with Crippen molar-refractivity contribution < 1.29 is 9.47 Å². The molecule has 0 saturated heterocycles. The smallest absolute Gasteiger partial charge is 0.169 e. The van der Waals surface area contributed by atoms with E-state index in [4.69, 9.17) is 9.47 Å². The molecule has 0 aromatic carbocycles. The van der Waals surface area contributed by atoms with E-state index in [1.807, 2.05) is 20.2 Å². The second-order valence-electron chi connectivity index (χ2n) is 4.46. The van der Waals surface area contributed by atoms with Gasteiger partial charge in [0.25, 0.3) is 0 Å². The lowest BCUT2D eigenvalue weighted by Gasteiger charge is -2.13. The number of ether oxygens (including phenoxy) is 2. The molecule has 0 radical (unpaired) electrons. The first kappa shape index (κ1) is 13.9. The van der Waals surface area contributed by atoms with Crippen LogP contribution in [0.2, 0.25) is 0 Å².